The van der Waals surface area contributed by atoms with E-state index in [-0.39, 0.29) is 18.5 Å². The Morgan fingerprint density at radius 1 is 0.329 bits per heavy atom. The number of nitrogens with one attached hydrogen (secondary N) is 1. The van der Waals surface area contributed by atoms with E-state index >= 15 is 0 Å². The van der Waals surface area contributed by atoms with Crippen LogP contribution >= 0.6 is 0 Å². The molecule has 0 aliphatic heterocycles. The van der Waals surface area contributed by atoms with Gasteiger partial charge in [0.05, 0.1) is 25.4 Å². The van der Waals surface area contributed by atoms with E-state index in [4.69, 9.17) is 4.74 Å². The van der Waals surface area contributed by atoms with Crippen LogP contribution in [0.3, 0.4) is 0 Å². The molecule has 0 aromatic heterocycles. The number of rotatable bonds is 72. The molecule has 0 aliphatic rings. The van der Waals surface area contributed by atoms with Crippen molar-refractivity contribution in [3.63, 3.8) is 0 Å². The SMILES string of the molecule is CCCCCCCCCCCCCCCCCCCCCCC/C=C/C(O)C(CO)NC(=O)CCCCCCCCCCCCCCCCCCCCCCCCCCCCOC(=O)CCCCCCCCCCCCCCCCCC. The second-order valence-corrected chi connectivity index (χ2v) is 26.4. The van der Waals surface area contributed by atoms with Gasteiger partial charge in [0.1, 0.15) is 0 Å². The molecule has 0 heterocycles. The van der Waals surface area contributed by atoms with Crippen LogP contribution in [0, 0.1) is 0 Å². The van der Waals surface area contributed by atoms with Crippen molar-refractivity contribution in [2.75, 3.05) is 13.2 Å². The van der Waals surface area contributed by atoms with Crippen LogP contribution in [0.4, 0.5) is 0 Å². The highest BCUT2D eigenvalue weighted by molar-refractivity contribution is 5.76. The lowest BCUT2D eigenvalue weighted by Crippen LogP contribution is -2.45. The topological polar surface area (TPSA) is 95.9 Å². The van der Waals surface area contributed by atoms with Crippen molar-refractivity contribution >= 4 is 11.9 Å². The van der Waals surface area contributed by atoms with E-state index in [1.807, 2.05) is 6.08 Å². The highest BCUT2D eigenvalue weighted by Gasteiger charge is 2.18. The molecule has 2 atom stereocenters. The summed E-state index contributed by atoms with van der Waals surface area (Å²) in [4.78, 5) is 24.6. The van der Waals surface area contributed by atoms with Gasteiger partial charge in [0.15, 0.2) is 0 Å². The first-order chi connectivity index (χ1) is 40.5. The van der Waals surface area contributed by atoms with Gasteiger partial charge < -0.3 is 20.3 Å². The van der Waals surface area contributed by atoms with Crippen LogP contribution in [0.5, 0.6) is 0 Å². The number of ether oxygens (including phenoxy) is 1. The number of amides is 1. The Bertz CT molecular complexity index is 1240. The number of unbranched alkanes of at least 4 members (excludes halogenated alkanes) is 61. The van der Waals surface area contributed by atoms with Gasteiger partial charge in [-0.05, 0) is 32.1 Å². The van der Waals surface area contributed by atoms with Crippen molar-refractivity contribution in [1.82, 2.24) is 5.32 Å². The van der Waals surface area contributed by atoms with Crippen molar-refractivity contribution in [3.05, 3.63) is 12.2 Å². The first-order valence-corrected chi connectivity index (χ1v) is 38.0. The Morgan fingerprint density at radius 2 is 0.561 bits per heavy atom. The zero-order chi connectivity index (χ0) is 59.2. The van der Waals surface area contributed by atoms with Gasteiger partial charge in [-0.15, -0.1) is 0 Å². The average Bonchev–Trinajstić information content (AvgIpc) is 3.48. The van der Waals surface area contributed by atoms with Crippen LogP contribution in [0.1, 0.15) is 438 Å². The fraction of sp³-hybridized carbons (Fsp3) is 0.947. The van der Waals surface area contributed by atoms with Crippen LogP contribution in [0.2, 0.25) is 0 Å². The number of hydrogen-bond donors (Lipinski definition) is 3. The Morgan fingerprint density at radius 3 is 0.829 bits per heavy atom. The van der Waals surface area contributed by atoms with Crippen molar-refractivity contribution in [2.45, 2.75) is 450 Å². The molecule has 0 radical (unpaired) electrons. The summed E-state index contributed by atoms with van der Waals surface area (Å²) in [5.74, 6) is -0.0387. The molecule has 0 aromatic carbocycles. The van der Waals surface area contributed by atoms with Gasteiger partial charge in [0.2, 0.25) is 5.91 Å². The van der Waals surface area contributed by atoms with Crippen LogP contribution in [-0.2, 0) is 14.3 Å². The third-order valence-corrected chi connectivity index (χ3v) is 18.1. The van der Waals surface area contributed by atoms with Crippen molar-refractivity contribution in [3.8, 4) is 0 Å². The van der Waals surface area contributed by atoms with E-state index in [1.165, 1.54) is 372 Å². The number of aliphatic hydroxyl groups is 2. The summed E-state index contributed by atoms with van der Waals surface area (Å²) in [6.07, 6.45) is 90.3. The summed E-state index contributed by atoms with van der Waals surface area (Å²) < 4.78 is 5.51. The van der Waals surface area contributed by atoms with Crippen molar-refractivity contribution in [1.29, 1.82) is 0 Å². The molecular formula is C76H149NO5. The Hall–Kier alpha value is -1.40. The molecule has 2 unspecified atom stereocenters. The number of esters is 1. The molecule has 0 spiro atoms. The van der Waals surface area contributed by atoms with Gasteiger partial charge in [-0.3, -0.25) is 9.59 Å². The summed E-state index contributed by atoms with van der Waals surface area (Å²) in [5, 5.41) is 23.3. The Labute approximate surface area is 514 Å². The molecular weight excluding hydrogens is 1010 g/mol. The molecule has 488 valence electrons. The molecule has 0 rings (SSSR count). The van der Waals surface area contributed by atoms with Gasteiger partial charge >= 0.3 is 5.97 Å². The molecule has 0 bridgehead atoms. The quantitative estimate of drug-likeness (QED) is 0.0320. The maximum atomic E-state index is 12.5. The lowest BCUT2D eigenvalue weighted by atomic mass is 10.0. The highest BCUT2D eigenvalue weighted by Crippen LogP contribution is 2.20. The number of carbonyl (C=O) groups is 2. The normalized spacial score (nSPS) is 12.5. The minimum absolute atomic E-state index is 0.0217. The molecule has 0 saturated heterocycles. The third-order valence-electron chi connectivity index (χ3n) is 18.1. The van der Waals surface area contributed by atoms with Gasteiger partial charge in [-0.25, -0.2) is 0 Å². The zero-order valence-corrected chi connectivity index (χ0v) is 56.0. The fourth-order valence-electron chi connectivity index (χ4n) is 12.3. The molecule has 3 N–H and O–H groups in total. The predicted octanol–water partition coefficient (Wildman–Crippen LogP) is 24.7. The minimum atomic E-state index is -0.844. The number of carbonyl (C=O) groups excluding carboxylic acids is 2. The lowest BCUT2D eigenvalue weighted by Gasteiger charge is -2.20. The third kappa shape index (κ3) is 67.7. The number of allylic oxidation sites excluding steroid dienone is 1. The average molecular weight is 1160 g/mol. The first-order valence-electron chi connectivity index (χ1n) is 38.0. The molecule has 6 nitrogen and oxygen atoms in total. The second kappa shape index (κ2) is 72.1. The Balaban J connectivity index is 3.37. The zero-order valence-electron chi connectivity index (χ0n) is 56.0. The van der Waals surface area contributed by atoms with Crippen molar-refractivity contribution < 1.29 is 24.5 Å². The van der Waals surface area contributed by atoms with Crippen LogP contribution < -0.4 is 5.32 Å². The number of hydrogen-bond acceptors (Lipinski definition) is 5. The minimum Gasteiger partial charge on any atom is -0.466 e. The summed E-state index contributed by atoms with van der Waals surface area (Å²) >= 11 is 0. The van der Waals surface area contributed by atoms with Crippen molar-refractivity contribution in [2.24, 2.45) is 0 Å². The van der Waals surface area contributed by atoms with Gasteiger partial charge in [0.25, 0.3) is 0 Å². The fourth-order valence-corrected chi connectivity index (χ4v) is 12.3. The van der Waals surface area contributed by atoms with Crippen LogP contribution in [0.15, 0.2) is 12.2 Å². The molecule has 82 heavy (non-hydrogen) atoms. The molecule has 0 aromatic rings. The van der Waals surface area contributed by atoms with E-state index in [9.17, 15) is 19.8 Å². The van der Waals surface area contributed by atoms with E-state index in [0.717, 1.165) is 38.5 Å². The predicted molar refractivity (Wildman–Crippen MR) is 361 cm³/mol. The van der Waals surface area contributed by atoms with Crippen LogP contribution in [-0.4, -0.2) is 47.4 Å². The van der Waals surface area contributed by atoms with E-state index in [1.54, 1.807) is 6.08 Å². The maximum absolute atomic E-state index is 12.5. The molecule has 0 aliphatic carbocycles. The monoisotopic (exact) mass is 1160 g/mol. The largest absolute Gasteiger partial charge is 0.466 e. The van der Waals surface area contributed by atoms with E-state index in [0.29, 0.717) is 19.4 Å². The first kappa shape index (κ1) is 80.6. The smallest absolute Gasteiger partial charge is 0.305 e. The Kier molecular flexibility index (Phi) is 70.8. The summed E-state index contributed by atoms with van der Waals surface area (Å²) in [7, 11) is 0. The van der Waals surface area contributed by atoms with Gasteiger partial charge in [-0.1, -0.05) is 405 Å². The second-order valence-electron chi connectivity index (χ2n) is 26.4. The molecule has 0 saturated carbocycles. The van der Waals surface area contributed by atoms with Gasteiger partial charge in [-0.2, -0.15) is 0 Å². The van der Waals surface area contributed by atoms with E-state index in [2.05, 4.69) is 19.2 Å². The standard InChI is InChI=1S/C76H149NO5/c1-3-5-7-9-11-13-15-17-19-21-22-23-28-31-34-37-40-44-48-52-56-60-64-68-74(79)73(72-78)77-75(80)69-65-61-57-53-49-45-41-38-35-32-29-26-24-25-27-30-33-36-39-43-47-51-55-59-63-67-71-82-76(81)70-66-62-58-54-50-46-42-20-18-16-14-12-10-8-6-4-2/h64,68,73-74,78-79H,3-63,65-67,69-72H2,1-2H3,(H,77,80)/b68-64+. The lowest BCUT2D eigenvalue weighted by molar-refractivity contribution is -0.143. The molecule has 0 fully saturated rings. The maximum Gasteiger partial charge on any atom is 0.305 e. The highest BCUT2D eigenvalue weighted by atomic mass is 16.5. The summed E-state index contributed by atoms with van der Waals surface area (Å²) in [5.41, 5.74) is 0. The number of aliphatic hydroxyl groups excluding tert-OH is 2. The van der Waals surface area contributed by atoms with E-state index < -0.39 is 12.1 Å². The molecule has 1 amide bonds. The van der Waals surface area contributed by atoms with Crippen LogP contribution in [0.25, 0.3) is 0 Å². The summed E-state index contributed by atoms with van der Waals surface area (Å²) in [6, 6.07) is -0.627. The molecule has 6 heteroatoms. The summed E-state index contributed by atoms with van der Waals surface area (Å²) in [6.45, 7) is 4.96. The van der Waals surface area contributed by atoms with Gasteiger partial charge in [0, 0.05) is 12.8 Å².